The molecule has 4 bridgehead atoms. The minimum Gasteiger partial charge on any atom is -0.486 e. The van der Waals surface area contributed by atoms with Gasteiger partial charge in [-0.1, -0.05) is 15.8 Å². The molecule has 7 rings (SSSR count). The molecule has 5 aliphatic rings. The highest BCUT2D eigenvalue weighted by molar-refractivity contribution is 8.04. The molecule has 0 N–H and O–H groups in total. The summed E-state index contributed by atoms with van der Waals surface area (Å²) >= 11 is 0. The molecule has 0 aromatic heterocycles. The molecule has 0 saturated heterocycles. The molecule has 0 atom stereocenters. The van der Waals surface area contributed by atoms with E-state index in [4.69, 9.17) is 9.47 Å². The van der Waals surface area contributed by atoms with Crippen LogP contribution >= 0.6 is 0 Å². The van der Waals surface area contributed by atoms with Crippen LogP contribution in [0, 0.1) is 17.8 Å². The van der Waals surface area contributed by atoms with Gasteiger partial charge in [0.15, 0.2) is 11.5 Å². The lowest BCUT2D eigenvalue weighted by Crippen LogP contribution is -2.48. The van der Waals surface area contributed by atoms with E-state index in [-0.39, 0.29) is 21.0 Å². The highest BCUT2D eigenvalue weighted by atomic mass is 32.3. The molecule has 4 aliphatic carbocycles. The Morgan fingerprint density at radius 2 is 1.24 bits per heavy atom. The van der Waals surface area contributed by atoms with E-state index in [9.17, 15) is 16.8 Å². The SMILES string of the molecule is CN(S(=O)(=O)c1ccc(C23CC4CC(CC(C4)C2)C3)cc1)S(=O)(=O)c1ccc2c(c1)OCCO2. The minimum absolute atomic E-state index is 0.0235. The van der Waals surface area contributed by atoms with Crippen molar-refractivity contribution in [3.63, 3.8) is 0 Å². The second kappa shape index (κ2) is 7.70. The van der Waals surface area contributed by atoms with Crippen LogP contribution in [0.3, 0.4) is 0 Å². The molecular formula is C25H29NO6S2. The first-order valence-electron chi connectivity index (χ1n) is 11.9. The van der Waals surface area contributed by atoms with Crippen LogP contribution in [0.5, 0.6) is 11.5 Å². The minimum atomic E-state index is -4.32. The Labute approximate surface area is 201 Å². The second-order valence-electron chi connectivity index (χ2n) is 10.4. The third kappa shape index (κ3) is 3.46. The predicted octanol–water partition coefficient (Wildman–Crippen LogP) is 3.94. The summed E-state index contributed by atoms with van der Waals surface area (Å²) in [6.07, 6.45) is 7.58. The number of ether oxygens (including phenoxy) is 2. The van der Waals surface area contributed by atoms with E-state index >= 15 is 0 Å². The molecule has 34 heavy (non-hydrogen) atoms. The topological polar surface area (TPSA) is 90.0 Å². The van der Waals surface area contributed by atoms with Crippen LogP contribution in [0.25, 0.3) is 0 Å². The normalized spacial score (nSPS) is 30.0. The number of benzene rings is 2. The fourth-order valence-electron chi connectivity index (χ4n) is 7.05. The zero-order valence-electron chi connectivity index (χ0n) is 19.1. The summed E-state index contributed by atoms with van der Waals surface area (Å²) in [5.41, 5.74) is 1.35. The average Bonchev–Trinajstić information content (AvgIpc) is 2.82. The lowest BCUT2D eigenvalue weighted by molar-refractivity contribution is -0.00521. The van der Waals surface area contributed by atoms with Crippen molar-refractivity contribution in [3.05, 3.63) is 48.0 Å². The molecule has 1 aliphatic heterocycles. The van der Waals surface area contributed by atoms with Gasteiger partial charge in [-0.05, 0) is 91.5 Å². The van der Waals surface area contributed by atoms with E-state index in [2.05, 4.69) is 0 Å². The molecule has 4 saturated carbocycles. The molecule has 0 unspecified atom stereocenters. The van der Waals surface area contributed by atoms with Crippen LogP contribution in [0.2, 0.25) is 0 Å². The smallest absolute Gasteiger partial charge is 0.256 e. The van der Waals surface area contributed by atoms with Crippen molar-refractivity contribution in [1.29, 1.82) is 0 Å². The van der Waals surface area contributed by atoms with Gasteiger partial charge < -0.3 is 9.47 Å². The summed E-state index contributed by atoms with van der Waals surface area (Å²) in [6, 6.07) is 11.1. The van der Waals surface area contributed by atoms with Gasteiger partial charge in [-0.3, -0.25) is 0 Å². The van der Waals surface area contributed by atoms with Crippen molar-refractivity contribution < 1.29 is 26.3 Å². The molecule has 0 spiro atoms. The monoisotopic (exact) mass is 503 g/mol. The first-order valence-corrected chi connectivity index (χ1v) is 14.8. The zero-order valence-corrected chi connectivity index (χ0v) is 20.8. The largest absolute Gasteiger partial charge is 0.486 e. The van der Waals surface area contributed by atoms with Gasteiger partial charge >= 0.3 is 0 Å². The fourth-order valence-corrected chi connectivity index (χ4v) is 10.2. The third-order valence-electron chi connectivity index (χ3n) is 8.29. The van der Waals surface area contributed by atoms with Gasteiger partial charge in [0.25, 0.3) is 20.0 Å². The van der Waals surface area contributed by atoms with E-state index < -0.39 is 20.0 Å². The van der Waals surface area contributed by atoms with Crippen LogP contribution < -0.4 is 9.47 Å². The molecule has 1 heterocycles. The van der Waals surface area contributed by atoms with E-state index in [1.54, 1.807) is 12.1 Å². The number of rotatable bonds is 5. The second-order valence-corrected chi connectivity index (χ2v) is 14.6. The number of sulfonamides is 2. The van der Waals surface area contributed by atoms with Crippen molar-refractivity contribution in [2.75, 3.05) is 20.3 Å². The van der Waals surface area contributed by atoms with Crippen LogP contribution in [-0.2, 0) is 25.5 Å². The van der Waals surface area contributed by atoms with Gasteiger partial charge in [0, 0.05) is 13.1 Å². The zero-order chi connectivity index (χ0) is 23.7. The lowest BCUT2D eigenvalue weighted by atomic mass is 9.48. The molecule has 0 amide bonds. The highest BCUT2D eigenvalue weighted by Gasteiger charge is 2.51. The van der Waals surface area contributed by atoms with Crippen molar-refractivity contribution in [1.82, 2.24) is 3.71 Å². The Balaban J connectivity index is 1.28. The van der Waals surface area contributed by atoms with Gasteiger partial charge in [-0.25, -0.2) is 16.8 Å². The summed E-state index contributed by atoms with van der Waals surface area (Å²) in [6.45, 7) is 0.688. The van der Waals surface area contributed by atoms with Crippen LogP contribution in [0.4, 0.5) is 0 Å². The molecule has 7 nitrogen and oxygen atoms in total. The van der Waals surface area contributed by atoms with E-state index in [1.165, 1.54) is 62.3 Å². The van der Waals surface area contributed by atoms with Gasteiger partial charge in [0.2, 0.25) is 0 Å². The highest BCUT2D eigenvalue weighted by Crippen LogP contribution is 2.60. The summed E-state index contributed by atoms with van der Waals surface area (Å²) in [4.78, 5) is -0.183. The first-order chi connectivity index (χ1) is 16.2. The molecule has 0 radical (unpaired) electrons. The first kappa shape index (κ1) is 22.4. The van der Waals surface area contributed by atoms with E-state index in [0.29, 0.717) is 22.7 Å². The predicted molar refractivity (Wildman–Crippen MR) is 126 cm³/mol. The number of fused-ring (bicyclic) bond motifs is 1. The Morgan fingerprint density at radius 1 is 0.735 bits per heavy atom. The number of hydrogen-bond acceptors (Lipinski definition) is 6. The van der Waals surface area contributed by atoms with Gasteiger partial charge in [-0.2, -0.15) is 0 Å². The Hall–Kier alpha value is -2.10. The van der Waals surface area contributed by atoms with Crippen molar-refractivity contribution in [2.24, 2.45) is 17.8 Å². The van der Waals surface area contributed by atoms with Crippen LogP contribution in [0.1, 0.15) is 44.1 Å². The molecule has 182 valence electrons. The number of hydrogen-bond donors (Lipinski definition) is 0. The molecule has 9 heteroatoms. The number of nitrogens with zero attached hydrogens (tertiary/aromatic N) is 1. The van der Waals surface area contributed by atoms with Gasteiger partial charge in [0.1, 0.15) is 13.2 Å². The standard InChI is InChI=1S/C25H29NO6S2/c1-26(34(29,30)22-6-7-23-24(13-22)32-9-8-31-23)33(27,28)21-4-2-20(3-5-21)25-14-17-10-18(15-25)12-19(11-17)16-25/h2-7,13,17-19H,8-12,14-16H2,1H3. The summed E-state index contributed by atoms with van der Waals surface area (Å²) < 4.78 is 64.3. The van der Waals surface area contributed by atoms with Crippen LogP contribution in [-0.4, -0.2) is 40.8 Å². The van der Waals surface area contributed by atoms with Gasteiger partial charge in [-0.15, -0.1) is 0 Å². The Kier molecular flexibility index (Phi) is 5.07. The van der Waals surface area contributed by atoms with Crippen molar-refractivity contribution in [2.45, 2.75) is 53.7 Å². The maximum atomic E-state index is 13.3. The van der Waals surface area contributed by atoms with E-state index in [0.717, 1.165) is 24.8 Å². The van der Waals surface area contributed by atoms with Gasteiger partial charge in [0.05, 0.1) is 9.79 Å². The van der Waals surface area contributed by atoms with Crippen molar-refractivity contribution >= 4 is 20.0 Å². The molecular weight excluding hydrogens is 474 g/mol. The van der Waals surface area contributed by atoms with Crippen molar-refractivity contribution in [3.8, 4) is 11.5 Å². The molecule has 2 aromatic carbocycles. The Bertz CT molecular complexity index is 1300. The molecule has 4 fully saturated rings. The maximum Gasteiger partial charge on any atom is 0.256 e. The average molecular weight is 504 g/mol. The maximum absolute atomic E-state index is 13.3. The fraction of sp³-hybridized carbons (Fsp3) is 0.520. The lowest BCUT2D eigenvalue weighted by Gasteiger charge is -2.57. The quantitative estimate of drug-likeness (QED) is 0.614. The summed E-state index contributed by atoms with van der Waals surface area (Å²) in [5, 5.41) is 0. The molecule has 2 aromatic rings. The summed E-state index contributed by atoms with van der Waals surface area (Å²) in [5.74, 6) is 3.10. The third-order valence-corrected chi connectivity index (χ3v) is 12.5. The Morgan fingerprint density at radius 3 is 1.82 bits per heavy atom. The van der Waals surface area contributed by atoms with E-state index in [1.807, 2.05) is 12.1 Å². The van der Waals surface area contributed by atoms with Crippen LogP contribution in [0.15, 0.2) is 52.3 Å². The summed E-state index contributed by atoms with van der Waals surface area (Å²) in [7, 11) is -7.50.